The number of methoxy groups -OCH3 is 2. The smallest absolute Gasteiger partial charge is 0.225 e. The minimum atomic E-state index is -0.221. The number of ether oxygens (including phenoxy) is 2. The Morgan fingerprint density at radius 3 is 2.69 bits per heavy atom. The molecular weight excluding hydrogens is 332 g/mol. The van der Waals surface area contributed by atoms with Crippen LogP contribution in [-0.4, -0.2) is 50.1 Å². The number of carbonyl (C=O) groups excluding carboxylic acids is 2. The van der Waals surface area contributed by atoms with Crippen molar-refractivity contribution in [2.75, 3.05) is 27.3 Å². The second-order valence-electron chi connectivity index (χ2n) is 7.10. The summed E-state index contributed by atoms with van der Waals surface area (Å²) in [6.07, 6.45) is 5.55. The number of benzene rings is 1. The number of hydrogen-bond acceptors (Lipinski definition) is 4. The Morgan fingerprint density at radius 1 is 1.23 bits per heavy atom. The van der Waals surface area contributed by atoms with Gasteiger partial charge in [0.25, 0.3) is 0 Å². The highest BCUT2D eigenvalue weighted by atomic mass is 16.5. The molecule has 0 radical (unpaired) electrons. The Morgan fingerprint density at radius 2 is 2.00 bits per heavy atom. The topological polar surface area (TPSA) is 67.9 Å². The molecule has 6 heteroatoms. The number of rotatable bonds is 7. The lowest BCUT2D eigenvalue weighted by Gasteiger charge is -2.23. The maximum atomic E-state index is 12.5. The van der Waals surface area contributed by atoms with Crippen molar-refractivity contribution in [3.8, 4) is 11.5 Å². The van der Waals surface area contributed by atoms with Crippen molar-refractivity contribution < 1.29 is 19.1 Å². The fraction of sp³-hybridized carbons (Fsp3) is 0.600. The Bertz CT molecular complexity index is 655. The normalized spacial score (nSPS) is 20.5. The summed E-state index contributed by atoms with van der Waals surface area (Å²) in [4.78, 5) is 26.6. The van der Waals surface area contributed by atoms with Gasteiger partial charge in [0.05, 0.1) is 20.1 Å². The molecule has 0 bridgehead atoms. The lowest BCUT2D eigenvalue weighted by molar-refractivity contribution is -0.130. The van der Waals surface area contributed by atoms with E-state index < -0.39 is 0 Å². The monoisotopic (exact) mass is 360 g/mol. The number of likely N-dealkylation sites (tertiary alicyclic amines) is 1. The lowest BCUT2D eigenvalue weighted by atomic mass is 10.1. The van der Waals surface area contributed by atoms with Gasteiger partial charge in [-0.25, -0.2) is 0 Å². The van der Waals surface area contributed by atoms with Crippen LogP contribution in [0.15, 0.2) is 18.2 Å². The van der Waals surface area contributed by atoms with Crippen LogP contribution in [0, 0.1) is 5.92 Å². The second kappa shape index (κ2) is 8.43. The molecule has 1 saturated carbocycles. The zero-order chi connectivity index (χ0) is 18.5. The first-order chi connectivity index (χ1) is 12.6. The summed E-state index contributed by atoms with van der Waals surface area (Å²) in [6.45, 7) is 1.09. The fourth-order valence-corrected chi connectivity index (χ4v) is 4.00. The number of nitrogens with zero attached hydrogens (tertiary/aromatic N) is 1. The third kappa shape index (κ3) is 4.11. The van der Waals surface area contributed by atoms with Gasteiger partial charge in [-0.3, -0.25) is 9.59 Å². The van der Waals surface area contributed by atoms with E-state index in [0.717, 1.165) is 29.9 Å². The summed E-state index contributed by atoms with van der Waals surface area (Å²) >= 11 is 0. The molecule has 1 heterocycles. The molecule has 6 nitrogen and oxygen atoms in total. The van der Waals surface area contributed by atoms with Gasteiger partial charge in [-0.2, -0.15) is 0 Å². The zero-order valence-corrected chi connectivity index (χ0v) is 15.6. The van der Waals surface area contributed by atoms with E-state index in [1.165, 1.54) is 12.8 Å². The lowest BCUT2D eigenvalue weighted by Crippen LogP contribution is -2.37. The zero-order valence-electron chi connectivity index (χ0n) is 15.6. The van der Waals surface area contributed by atoms with E-state index in [4.69, 9.17) is 9.47 Å². The average molecular weight is 360 g/mol. The van der Waals surface area contributed by atoms with Gasteiger partial charge in [0.1, 0.15) is 11.5 Å². The molecule has 2 aliphatic rings. The number of amides is 2. The first kappa shape index (κ1) is 18.5. The Balaban J connectivity index is 1.49. The fourth-order valence-electron chi connectivity index (χ4n) is 4.00. The van der Waals surface area contributed by atoms with E-state index in [-0.39, 0.29) is 17.7 Å². The van der Waals surface area contributed by atoms with Gasteiger partial charge in [0.15, 0.2) is 0 Å². The largest absolute Gasteiger partial charge is 0.497 e. The predicted octanol–water partition coefficient (Wildman–Crippen LogP) is 2.15. The third-order valence-corrected chi connectivity index (χ3v) is 5.48. The number of carbonyl (C=O) groups is 2. The van der Waals surface area contributed by atoms with Crippen LogP contribution in [0.5, 0.6) is 11.5 Å². The summed E-state index contributed by atoms with van der Waals surface area (Å²) in [6, 6.07) is 6.02. The Kier molecular flexibility index (Phi) is 6.01. The first-order valence-electron chi connectivity index (χ1n) is 9.40. The molecular formula is C20H28N2O4. The first-order valence-corrected chi connectivity index (χ1v) is 9.40. The molecule has 142 valence electrons. The van der Waals surface area contributed by atoms with Gasteiger partial charge in [-0.05, 0) is 30.9 Å². The van der Waals surface area contributed by atoms with Crippen LogP contribution in [0.25, 0.3) is 0 Å². The molecule has 1 aliphatic heterocycles. The molecule has 1 saturated heterocycles. The van der Waals surface area contributed by atoms with E-state index in [9.17, 15) is 9.59 Å². The molecule has 1 unspecified atom stereocenters. The van der Waals surface area contributed by atoms with Gasteiger partial charge in [0.2, 0.25) is 11.8 Å². The molecule has 26 heavy (non-hydrogen) atoms. The SMILES string of the molecule is COc1ccc(CCNC(=O)C2CC(=O)N(C3CCCC3)C2)c(OC)c1. The quantitative estimate of drug-likeness (QED) is 0.809. The van der Waals surface area contributed by atoms with Crippen molar-refractivity contribution in [3.63, 3.8) is 0 Å². The molecule has 1 aromatic rings. The standard InChI is InChI=1S/C20H28N2O4/c1-25-17-8-7-14(18(12-17)26-2)9-10-21-20(24)15-11-19(23)22(13-15)16-5-3-4-6-16/h7-8,12,15-16H,3-6,9-11,13H2,1-2H3,(H,21,24). The van der Waals surface area contributed by atoms with Crippen LogP contribution in [-0.2, 0) is 16.0 Å². The highest BCUT2D eigenvalue weighted by Gasteiger charge is 2.38. The molecule has 1 N–H and O–H groups in total. The summed E-state index contributed by atoms with van der Waals surface area (Å²) in [5.41, 5.74) is 1.02. The van der Waals surface area contributed by atoms with Crippen molar-refractivity contribution in [3.05, 3.63) is 23.8 Å². The molecule has 0 aromatic heterocycles. The molecule has 1 atom stereocenters. The van der Waals surface area contributed by atoms with Gasteiger partial charge < -0.3 is 19.7 Å². The van der Waals surface area contributed by atoms with Gasteiger partial charge >= 0.3 is 0 Å². The number of hydrogen-bond donors (Lipinski definition) is 1. The maximum Gasteiger partial charge on any atom is 0.225 e. The highest BCUT2D eigenvalue weighted by Crippen LogP contribution is 2.29. The summed E-state index contributed by atoms with van der Waals surface area (Å²) in [7, 11) is 3.24. The van der Waals surface area contributed by atoms with Crippen LogP contribution in [0.4, 0.5) is 0 Å². The van der Waals surface area contributed by atoms with E-state index in [0.29, 0.717) is 32.0 Å². The maximum absolute atomic E-state index is 12.5. The van der Waals surface area contributed by atoms with Gasteiger partial charge in [0, 0.05) is 31.6 Å². The molecule has 1 aliphatic carbocycles. The van der Waals surface area contributed by atoms with Gasteiger partial charge in [-0.1, -0.05) is 18.9 Å². The summed E-state index contributed by atoms with van der Waals surface area (Å²) in [5.74, 6) is 1.38. The molecule has 3 rings (SSSR count). The predicted molar refractivity (Wildman–Crippen MR) is 98.3 cm³/mol. The van der Waals surface area contributed by atoms with E-state index >= 15 is 0 Å². The van der Waals surface area contributed by atoms with Crippen LogP contribution in [0.3, 0.4) is 0 Å². The van der Waals surface area contributed by atoms with E-state index in [2.05, 4.69) is 5.32 Å². The third-order valence-electron chi connectivity index (χ3n) is 5.48. The average Bonchev–Trinajstić information content (AvgIpc) is 3.31. The molecule has 2 fully saturated rings. The number of nitrogens with one attached hydrogen (secondary N) is 1. The summed E-state index contributed by atoms with van der Waals surface area (Å²) < 4.78 is 10.6. The summed E-state index contributed by atoms with van der Waals surface area (Å²) in [5, 5.41) is 2.98. The van der Waals surface area contributed by atoms with Crippen molar-refractivity contribution in [2.45, 2.75) is 44.6 Å². The van der Waals surface area contributed by atoms with Crippen molar-refractivity contribution in [2.24, 2.45) is 5.92 Å². The van der Waals surface area contributed by atoms with E-state index in [1.807, 2.05) is 23.1 Å². The van der Waals surface area contributed by atoms with Gasteiger partial charge in [-0.15, -0.1) is 0 Å². The van der Waals surface area contributed by atoms with Crippen molar-refractivity contribution in [1.29, 1.82) is 0 Å². The highest BCUT2D eigenvalue weighted by molar-refractivity contribution is 5.89. The van der Waals surface area contributed by atoms with E-state index in [1.54, 1.807) is 14.2 Å². The molecule has 0 spiro atoms. The Hall–Kier alpha value is -2.24. The second-order valence-corrected chi connectivity index (χ2v) is 7.10. The van der Waals surface area contributed by atoms with Crippen LogP contribution >= 0.6 is 0 Å². The Labute approximate surface area is 154 Å². The van der Waals surface area contributed by atoms with Crippen molar-refractivity contribution in [1.82, 2.24) is 10.2 Å². The van der Waals surface area contributed by atoms with Crippen LogP contribution < -0.4 is 14.8 Å². The van der Waals surface area contributed by atoms with Crippen LogP contribution in [0.2, 0.25) is 0 Å². The minimum Gasteiger partial charge on any atom is -0.497 e. The molecule has 2 amide bonds. The minimum absolute atomic E-state index is 0.0219. The molecule has 1 aromatic carbocycles. The van der Waals surface area contributed by atoms with Crippen molar-refractivity contribution >= 4 is 11.8 Å². The van der Waals surface area contributed by atoms with Crippen LogP contribution in [0.1, 0.15) is 37.7 Å².